The molecule has 0 radical (unpaired) electrons. The van der Waals surface area contributed by atoms with Crippen LogP contribution < -0.4 is 62.2 Å². The van der Waals surface area contributed by atoms with Gasteiger partial charge in [0.1, 0.15) is 0 Å². The Labute approximate surface area is 127 Å². The topological polar surface area (TPSA) is 66.2 Å². The zero-order chi connectivity index (χ0) is 9.42. The molecule has 0 atom stereocenters. The molecule has 1 aromatic heterocycles. The Kier molecular flexibility index (Phi) is 4.11. The van der Waals surface area contributed by atoms with Crippen molar-refractivity contribution >= 4 is 33.8 Å². The van der Waals surface area contributed by atoms with E-state index in [4.69, 9.17) is 5.73 Å². The van der Waals surface area contributed by atoms with Gasteiger partial charge in [0, 0.05) is 11.1 Å². The summed E-state index contributed by atoms with van der Waals surface area (Å²) in [6.45, 7) is 0. The quantitative estimate of drug-likeness (QED) is 0.449. The van der Waals surface area contributed by atoms with Gasteiger partial charge in [-0.25, -0.2) is 0 Å². The smallest absolute Gasteiger partial charge is 0.544 e. The van der Waals surface area contributed by atoms with E-state index < -0.39 is 5.97 Å². The molecule has 0 unspecified atom stereocenters. The zero-order valence-electron chi connectivity index (χ0n) is 7.61. The van der Waals surface area contributed by atoms with Gasteiger partial charge in [-0.15, -0.1) is 11.3 Å². The largest absolute Gasteiger partial charge is 1.00 e. The first-order valence-electron chi connectivity index (χ1n) is 3.66. The van der Waals surface area contributed by atoms with Crippen molar-refractivity contribution in [2.75, 3.05) is 5.73 Å². The monoisotopic (exact) mass is 231 g/mol. The van der Waals surface area contributed by atoms with Crippen molar-refractivity contribution in [1.82, 2.24) is 0 Å². The number of hydrogen-bond donors (Lipinski definition) is 1. The minimum atomic E-state index is -1.13. The van der Waals surface area contributed by atoms with Crippen molar-refractivity contribution in [3.8, 4) is 0 Å². The van der Waals surface area contributed by atoms with Crippen molar-refractivity contribution in [3.63, 3.8) is 0 Å². The van der Waals surface area contributed by atoms with E-state index in [2.05, 4.69) is 0 Å². The number of carboxylic acid groups (broad SMARTS) is 1. The number of rotatable bonds is 1. The Bertz CT molecular complexity index is 481. The van der Waals surface area contributed by atoms with Crippen LogP contribution in [-0.2, 0) is 0 Å². The molecular weight excluding hydrogens is 225 g/mol. The molecule has 0 aliphatic carbocycles. The molecule has 66 valence electrons. The normalized spacial score (nSPS) is 9.71. The molecule has 5 heteroatoms. The van der Waals surface area contributed by atoms with Crippen LogP contribution in [0.15, 0.2) is 23.6 Å². The van der Waals surface area contributed by atoms with Crippen LogP contribution in [0.2, 0.25) is 0 Å². The number of fused-ring (bicyclic) bond motifs is 1. The Hall–Kier alpha value is 0.0864. The molecule has 0 spiro atoms. The van der Waals surface area contributed by atoms with Gasteiger partial charge in [0.15, 0.2) is 0 Å². The molecule has 1 heterocycles. The van der Waals surface area contributed by atoms with Gasteiger partial charge in [-0.3, -0.25) is 0 Å². The van der Waals surface area contributed by atoms with E-state index in [0.29, 0.717) is 11.1 Å². The van der Waals surface area contributed by atoms with Gasteiger partial charge in [0.25, 0.3) is 0 Å². The maximum absolute atomic E-state index is 10.6. The average molecular weight is 231 g/mol. The van der Waals surface area contributed by atoms with Gasteiger partial charge in [0.2, 0.25) is 0 Å². The van der Waals surface area contributed by atoms with Crippen molar-refractivity contribution in [3.05, 3.63) is 28.5 Å². The summed E-state index contributed by atoms with van der Waals surface area (Å²) in [7, 11) is 0. The molecule has 0 bridgehead atoms. The van der Waals surface area contributed by atoms with Gasteiger partial charge in [-0.2, -0.15) is 0 Å². The van der Waals surface area contributed by atoms with E-state index in [0.717, 1.165) is 16.7 Å². The molecule has 0 saturated carbocycles. The van der Waals surface area contributed by atoms with Gasteiger partial charge >= 0.3 is 51.4 Å². The van der Waals surface area contributed by atoms with E-state index in [1.54, 1.807) is 23.6 Å². The summed E-state index contributed by atoms with van der Waals surface area (Å²) in [5.41, 5.74) is 6.19. The zero-order valence-corrected chi connectivity index (χ0v) is 11.6. The molecule has 0 aliphatic heterocycles. The van der Waals surface area contributed by atoms with Crippen LogP contribution in [0.1, 0.15) is 9.67 Å². The summed E-state index contributed by atoms with van der Waals surface area (Å²) in [6.07, 6.45) is 0. The van der Waals surface area contributed by atoms with Crippen molar-refractivity contribution in [1.29, 1.82) is 0 Å². The Morgan fingerprint density at radius 2 is 2.14 bits per heavy atom. The van der Waals surface area contributed by atoms with Crippen LogP contribution in [-0.4, -0.2) is 5.97 Å². The van der Waals surface area contributed by atoms with E-state index >= 15 is 0 Å². The van der Waals surface area contributed by atoms with Crippen LogP contribution in [0.4, 0.5) is 5.69 Å². The molecule has 1 aromatic carbocycles. The molecule has 2 aromatic rings. The molecular formula is C9H6KNO2S. The predicted molar refractivity (Wildman–Crippen MR) is 50.6 cm³/mol. The van der Waals surface area contributed by atoms with Crippen LogP contribution in [0, 0.1) is 0 Å². The predicted octanol–water partition coefficient (Wildman–Crippen LogP) is -2.15. The molecule has 0 fully saturated rings. The first-order chi connectivity index (χ1) is 6.18. The third-order valence-corrected chi connectivity index (χ3v) is 2.80. The fourth-order valence-electron chi connectivity index (χ4n) is 1.23. The fourth-order valence-corrected chi connectivity index (χ4v) is 2.08. The van der Waals surface area contributed by atoms with E-state index in [9.17, 15) is 9.90 Å². The number of nitrogen functional groups attached to an aromatic ring is 1. The summed E-state index contributed by atoms with van der Waals surface area (Å²) >= 11 is 1.16. The number of carboxylic acids is 1. The second-order valence-corrected chi connectivity index (χ2v) is 3.58. The number of benzene rings is 1. The number of aromatic carboxylic acids is 1. The van der Waals surface area contributed by atoms with Gasteiger partial charge in [-0.05, 0) is 22.9 Å². The van der Waals surface area contributed by atoms with Crippen LogP contribution in [0.5, 0.6) is 0 Å². The Morgan fingerprint density at radius 1 is 1.43 bits per heavy atom. The van der Waals surface area contributed by atoms with E-state index in [1.165, 1.54) is 0 Å². The number of carbonyl (C=O) groups is 1. The molecule has 3 nitrogen and oxygen atoms in total. The summed E-state index contributed by atoms with van der Waals surface area (Å²) in [4.78, 5) is 10.9. The average Bonchev–Trinajstić information content (AvgIpc) is 2.46. The molecule has 0 saturated heterocycles. The number of nitrogens with two attached hydrogens (primary N) is 1. The number of hydrogen-bond acceptors (Lipinski definition) is 4. The van der Waals surface area contributed by atoms with Crippen LogP contribution >= 0.6 is 11.3 Å². The minimum absolute atomic E-state index is 0. The van der Waals surface area contributed by atoms with E-state index in [-0.39, 0.29) is 56.3 Å². The summed E-state index contributed by atoms with van der Waals surface area (Å²) in [5, 5.41) is 13.9. The van der Waals surface area contributed by atoms with E-state index in [1.807, 2.05) is 0 Å². The Balaban J connectivity index is 0.000000980. The number of thiophene rings is 1. The minimum Gasteiger partial charge on any atom is -0.544 e. The van der Waals surface area contributed by atoms with Crippen molar-refractivity contribution < 1.29 is 61.3 Å². The first-order valence-corrected chi connectivity index (χ1v) is 4.54. The van der Waals surface area contributed by atoms with Gasteiger partial charge < -0.3 is 15.6 Å². The van der Waals surface area contributed by atoms with Crippen LogP contribution in [0.3, 0.4) is 0 Å². The molecule has 0 aliphatic rings. The number of anilines is 1. The van der Waals surface area contributed by atoms with Crippen LogP contribution in [0.25, 0.3) is 10.8 Å². The first kappa shape index (κ1) is 12.2. The third kappa shape index (κ3) is 2.18. The fraction of sp³-hybridized carbons (Fsp3) is 0. The maximum Gasteiger partial charge on any atom is 1.00 e. The molecule has 0 amide bonds. The Morgan fingerprint density at radius 3 is 2.79 bits per heavy atom. The van der Waals surface area contributed by atoms with Gasteiger partial charge in [0.05, 0.1) is 10.8 Å². The molecule has 2 rings (SSSR count). The molecule has 2 N–H and O–H groups in total. The van der Waals surface area contributed by atoms with Crippen molar-refractivity contribution in [2.24, 2.45) is 0 Å². The molecule has 14 heavy (non-hydrogen) atoms. The SMILES string of the molecule is Nc1ccc2c(C(=O)[O-])scc2c1.[K+]. The van der Waals surface area contributed by atoms with Crippen molar-refractivity contribution in [2.45, 2.75) is 0 Å². The van der Waals surface area contributed by atoms with Gasteiger partial charge in [-0.1, -0.05) is 6.07 Å². The second kappa shape index (κ2) is 4.74. The standard InChI is InChI=1S/C9H7NO2S.K/c10-6-1-2-7-5(3-6)4-13-8(7)9(11)12;/h1-4H,10H2,(H,11,12);/q;+1/p-1. The summed E-state index contributed by atoms with van der Waals surface area (Å²) in [6, 6.07) is 5.13. The maximum atomic E-state index is 10.6. The summed E-state index contributed by atoms with van der Waals surface area (Å²) < 4.78 is 0. The number of carbonyl (C=O) groups excluding carboxylic acids is 1. The second-order valence-electron chi connectivity index (χ2n) is 2.70. The third-order valence-electron chi connectivity index (χ3n) is 1.81. The summed E-state index contributed by atoms with van der Waals surface area (Å²) in [5.74, 6) is -1.13.